The van der Waals surface area contributed by atoms with E-state index in [4.69, 9.17) is 42.6 Å². The Morgan fingerprint density at radius 1 is 0.358 bits per heavy atom. The van der Waals surface area contributed by atoms with Crippen LogP contribution in [-0.4, -0.2) is 161 Å². The fourth-order valence-electron chi connectivity index (χ4n) is 6.62. The van der Waals surface area contributed by atoms with E-state index in [1.807, 2.05) is 0 Å². The second-order valence-corrected chi connectivity index (χ2v) is 17.2. The zero-order chi connectivity index (χ0) is 59.9. The van der Waals surface area contributed by atoms with Crippen molar-refractivity contribution in [3.8, 4) is 0 Å². The molecule has 3 aromatic carbocycles. The van der Waals surface area contributed by atoms with E-state index in [0.717, 1.165) is 0 Å². The van der Waals surface area contributed by atoms with Crippen molar-refractivity contribution in [3.63, 3.8) is 0 Å². The van der Waals surface area contributed by atoms with Crippen molar-refractivity contribution >= 4 is 53.7 Å². The van der Waals surface area contributed by atoms with Gasteiger partial charge < -0.3 is 58.0 Å². The molecule has 0 spiro atoms. The van der Waals surface area contributed by atoms with Crippen molar-refractivity contribution < 1.29 is 101 Å². The predicted molar refractivity (Wildman–Crippen MR) is 276 cm³/mol. The van der Waals surface area contributed by atoms with Crippen LogP contribution in [0.2, 0.25) is 0 Å². The number of nitrogens with zero attached hydrogens (tertiary/aromatic N) is 3. The molecule has 1 aromatic heterocycles. The lowest BCUT2D eigenvalue weighted by Gasteiger charge is -2.19. The summed E-state index contributed by atoms with van der Waals surface area (Å²) in [6.07, 6.45) is -5.81. The van der Waals surface area contributed by atoms with Gasteiger partial charge in [-0.2, -0.15) is 0 Å². The Bertz CT molecular complexity index is 2870. The summed E-state index contributed by atoms with van der Waals surface area (Å²) in [5.41, 5.74) is -6.11. The summed E-state index contributed by atoms with van der Waals surface area (Å²) in [6, 6.07) is 15.5. The molecule has 0 saturated heterocycles. The second kappa shape index (κ2) is 31.1. The number of carbonyl (C=O) groups is 9. The van der Waals surface area contributed by atoms with Crippen LogP contribution < -0.4 is 17.1 Å². The van der Waals surface area contributed by atoms with Gasteiger partial charge in [-0.1, -0.05) is 56.1 Å². The van der Waals surface area contributed by atoms with Crippen molar-refractivity contribution in [1.29, 1.82) is 0 Å². The summed E-state index contributed by atoms with van der Waals surface area (Å²) in [5, 5.41) is 33.2. The molecule has 4 rings (SSSR count). The maximum absolute atomic E-state index is 13.9. The number of hydrogen-bond donors (Lipinski definition) is 3. The molecule has 1 heterocycles. The molecule has 432 valence electrons. The third-order valence-electron chi connectivity index (χ3n) is 10.6. The fraction of sp³-hybridized carbons (Fsp3) is 0.333. The Hall–Kier alpha value is -9.60. The highest BCUT2D eigenvalue weighted by Gasteiger charge is 2.27. The van der Waals surface area contributed by atoms with Gasteiger partial charge in [-0.25, -0.2) is 71.2 Å². The lowest BCUT2D eigenvalue weighted by Crippen LogP contribution is -2.57. The highest BCUT2D eigenvalue weighted by molar-refractivity contribution is 6.04. The summed E-state index contributed by atoms with van der Waals surface area (Å²) in [4.78, 5) is 155. The smallest absolute Gasteiger partial charge is 0.339 e. The summed E-state index contributed by atoms with van der Waals surface area (Å²) < 4.78 is 46.3. The fourth-order valence-corrected chi connectivity index (χ4v) is 6.62. The quantitative estimate of drug-likeness (QED) is 0.0279. The van der Waals surface area contributed by atoms with Gasteiger partial charge in [0, 0.05) is 16.7 Å². The van der Waals surface area contributed by atoms with Crippen LogP contribution >= 0.6 is 0 Å². The van der Waals surface area contributed by atoms with Crippen molar-refractivity contribution in [2.24, 2.45) is 0 Å². The zero-order valence-electron chi connectivity index (χ0n) is 44.0. The molecule has 0 radical (unpaired) electrons. The molecule has 0 fully saturated rings. The molecule has 3 atom stereocenters. The minimum absolute atomic E-state index is 0.100. The topological polar surface area (TPSA) is 363 Å². The van der Waals surface area contributed by atoms with Crippen LogP contribution in [0.1, 0.15) is 82.9 Å². The van der Waals surface area contributed by atoms with Crippen LogP contribution in [0.3, 0.4) is 0 Å². The minimum atomic E-state index is -1.94. The number of rotatable bonds is 30. The number of benzene rings is 3. The lowest BCUT2D eigenvalue weighted by atomic mass is 10.1. The average Bonchev–Trinajstić information content (AvgIpc) is 3.54. The van der Waals surface area contributed by atoms with Crippen LogP contribution in [0.25, 0.3) is 0 Å². The van der Waals surface area contributed by atoms with Crippen molar-refractivity contribution in [2.75, 3.05) is 59.5 Å². The van der Waals surface area contributed by atoms with Gasteiger partial charge >= 0.3 is 70.8 Å². The first-order valence-corrected chi connectivity index (χ1v) is 24.2. The van der Waals surface area contributed by atoms with Crippen LogP contribution in [0.4, 0.5) is 0 Å². The van der Waals surface area contributed by atoms with E-state index in [2.05, 4.69) is 19.7 Å². The number of aliphatic hydroxyl groups is 3. The monoisotopic (exact) mass is 1130 g/mol. The Labute approximate surface area is 459 Å². The maximum atomic E-state index is 13.9. The van der Waals surface area contributed by atoms with Crippen molar-refractivity contribution in [2.45, 2.75) is 58.7 Å². The van der Waals surface area contributed by atoms with E-state index in [-0.39, 0.29) is 83.6 Å². The van der Waals surface area contributed by atoms with Gasteiger partial charge in [-0.05, 0) is 57.2 Å². The zero-order valence-corrected chi connectivity index (χ0v) is 44.0. The number of aliphatic hydroxyl groups excluding tert-OH is 3. The molecule has 27 nitrogen and oxygen atoms in total. The van der Waals surface area contributed by atoms with Crippen LogP contribution in [0.5, 0.6) is 0 Å². The van der Waals surface area contributed by atoms with Gasteiger partial charge in [0.05, 0.1) is 53.0 Å². The Balaban J connectivity index is 1.55. The van der Waals surface area contributed by atoms with Crippen molar-refractivity contribution in [3.05, 3.63) is 174 Å². The molecule has 27 heteroatoms. The minimum Gasteiger partial charge on any atom is -0.459 e. The summed E-state index contributed by atoms with van der Waals surface area (Å²) >= 11 is 0. The van der Waals surface area contributed by atoms with Gasteiger partial charge in [-0.3, -0.25) is 0 Å². The Morgan fingerprint density at radius 2 is 0.543 bits per heavy atom. The lowest BCUT2D eigenvalue weighted by molar-refractivity contribution is -0.140. The highest BCUT2D eigenvalue weighted by Crippen LogP contribution is 2.16. The summed E-state index contributed by atoms with van der Waals surface area (Å²) in [5.74, 6) is -8.85. The van der Waals surface area contributed by atoms with Gasteiger partial charge in [-0.15, -0.1) is 0 Å². The predicted octanol–water partition coefficient (Wildman–Crippen LogP) is 0.654. The molecule has 0 aliphatic rings. The van der Waals surface area contributed by atoms with E-state index >= 15 is 0 Å². The van der Waals surface area contributed by atoms with Gasteiger partial charge in [0.15, 0.2) is 0 Å². The van der Waals surface area contributed by atoms with Gasteiger partial charge in [0.2, 0.25) is 0 Å². The van der Waals surface area contributed by atoms with E-state index in [1.54, 1.807) is 0 Å². The maximum Gasteiger partial charge on any atom is 0.339 e. The molecule has 4 aromatic rings. The third kappa shape index (κ3) is 19.1. The molecular formula is C54H57N3O24. The first-order chi connectivity index (χ1) is 38.4. The Morgan fingerprint density at radius 3 is 0.741 bits per heavy atom. The summed E-state index contributed by atoms with van der Waals surface area (Å²) in [6.45, 7) is 6.28. The molecule has 0 aliphatic heterocycles. The second-order valence-electron chi connectivity index (χ2n) is 17.2. The number of ether oxygens (including phenoxy) is 9. The standard InChI is InChI=1S/C54H57N3O24/c1-31(2)43(61)73-19-22-76-46(64)37-13-7-10-16-40(37)49(67)79-28-34(58)25-55-52(70)56(26-35(59)29-80-50(68)41-17-11-8-14-38(41)47(65)77-23-20-74-44(62)32(3)4)54(72)57(53(55)71)27-36(60)30-81-51(69)42-18-12-9-15-39(42)48(66)78-24-21-75-45(63)33(5)6/h7-18,34-36,58-60H,1,3,5,19-30H2,2,4,6H3. The van der Waals surface area contributed by atoms with Crippen LogP contribution in [0.15, 0.2) is 124 Å². The number of carbonyl (C=O) groups excluding carboxylic acids is 9. The van der Waals surface area contributed by atoms with E-state index < -0.39 is 148 Å². The van der Waals surface area contributed by atoms with Crippen LogP contribution in [0, 0.1) is 0 Å². The van der Waals surface area contributed by atoms with Gasteiger partial charge in [0.25, 0.3) is 0 Å². The first kappa shape index (κ1) is 63.9. The number of hydrogen-bond acceptors (Lipinski definition) is 24. The number of aromatic nitrogens is 3. The molecule has 3 unspecified atom stereocenters. The SMILES string of the molecule is C=C(C)C(=O)OCCOC(=O)c1ccccc1C(=O)OCC(O)Cn1c(=O)n(CC(O)COC(=O)c2ccccc2C(=O)OCCOC(=O)C(=C)C)c(=O)n(CC(O)COC(=O)c2ccccc2C(=O)OCCOC(=O)C(=C)C)c1=O. The van der Waals surface area contributed by atoms with E-state index in [9.17, 15) is 72.9 Å². The largest absolute Gasteiger partial charge is 0.459 e. The van der Waals surface area contributed by atoms with E-state index in [0.29, 0.717) is 0 Å². The van der Waals surface area contributed by atoms with Crippen LogP contribution in [-0.2, 0) is 76.6 Å². The molecule has 0 amide bonds. The molecule has 0 bridgehead atoms. The Kier molecular flexibility index (Phi) is 24.6. The third-order valence-corrected chi connectivity index (χ3v) is 10.6. The average molecular weight is 1130 g/mol. The molecule has 81 heavy (non-hydrogen) atoms. The molecule has 0 aliphatic carbocycles. The summed E-state index contributed by atoms with van der Waals surface area (Å²) in [7, 11) is 0. The highest BCUT2D eigenvalue weighted by atomic mass is 16.6. The number of esters is 9. The molecule has 3 N–H and O–H groups in total. The molecular weight excluding hydrogens is 1070 g/mol. The normalized spacial score (nSPS) is 11.8. The van der Waals surface area contributed by atoms with Crippen molar-refractivity contribution in [1.82, 2.24) is 13.7 Å². The molecule has 0 saturated carbocycles. The van der Waals surface area contributed by atoms with Gasteiger partial charge in [0.1, 0.15) is 77.8 Å². The van der Waals surface area contributed by atoms with E-state index in [1.165, 1.54) is 93.6 Å². The first-order valence-electron chi connectivity index (χ1n) is 24.2.